The minimum atomic E-state index is -0.679. The number of hydrogen-bond donors (Lipinski definition) is 1. The lowest BCUT2D eigenvalue weighted by Gasteiger charge is -2.06. The van der Waals surface area contributed by atoms with Gasteiger partial charge in [-0.15, -0.1) is 0 Å². The summed E-state index contributed by atoms with van der Waals surface area (Å²) in [4.78, 5) is 36.7. The number of nitrogens with zero attached hydrogens (tertiary/aromatic N) is 2. The van der Waals surface area contributed by atoms with Crippen molar-refractivity contribution in [3.8, 4) is 5.75 Å². The smallest absolute Gasteiger partial charge is 0.406 e. The minimum Gasteiger partial charge on any atom is -0.477 e. The molecule has 0 atom stereocenters. The molecule has 1 aromatic heterocycles. The molecule has 0 saturated carbocycles. The number of nitro groups is 1. The van der Waals surface area contributed by atoms with Gasteiger partial charge < -0.3 is 20.2 Å². The Bertz CT molecular complexity index is 743. The van der Waals surface area contributed by atoms with Crippen molar-refractivity contribution in [1.82, 2.24) is 4.98 Å². The number of Topliss-reactive ketones (excluding diaryl/α,β-unsaturated/α-hetero) is 1. The van der Waals surface area contributed by atoms with Crippen molar-refractivity contribution < 1.29 is 19.2 Å². The molecule has 8 heteroatoms. The average molecular weight is 315 g/mol. The fourth-order valence-electron chi connectivity index (χ4n) is 1.80. The Morgan fingerprint density at radius 2 is 1.96 bits per heavy atom. The highest BCUT2D eigenvalue weighted by atomic mass is 16.6. The highest BCUT2D eigenvalue weighted by molar-refractivity contribution is 5.98. The number of anilines is 1. The van der Waals surface area contributed by atoms with Crippen molar-refractivity contribution in [2.45, 2.75) is 6.92 Å². The molecule has 118 valence electrons. The van der Waals surface area contributed by atoms with Gasteiger partial charge in [0.05, 0.1) is 0 Å². The Labute approximate surface area is 131 Å². The lowest BCUT2D eigenvalue weighted by atomic mass is 10.1. The highest BCUT2D eigenvalue weighted by Gasteiger charge is 2.17. The summed E-state index contributed by atoms with van der Waals surface area (Å²) in [6, 6.07) is 9.10. The summed E-state index contributed by atoms with van der Waals surface area (Å²) >= 11 is 0. The van der Waals surface area contributed by atoms with E-state index in [1.165, 1.54) is 37.4 Å². The van der Waals surface area contributed by atoms with Gasteiger partial charge in [-0.2, -0.15) is 0 Å². The topological polar surface area (TPSA) is 111 Å². The molecular weight excluding hydrogens is 302 g/mol. The van der Waals surface area contributed by atoms with Crippen LogP contribution in [0.25, 0.3) is 0 Å². The van der Waals surface area contributed by atoms with Crippen LogP contribution >= 0.6 is 0 Å². The van der Waals surface area contributed by atoms with E-state index in [-0.39, 0.29) is 24.0 Å². The SMILES string of the molecule is CC(=O)Nc1ccc(C(=O)COc2cccnc2[N+](=O)[O-])cc1. The van der Waals surface area contributed by atoms with Crippen LogP contribution in [0.5, 0.6) is 5.75 Å². The van der Waals surface area contributed by atoms with Crippen LogP contribution in [0.4, 0.5) is 11.5 Å². The zero-order valence-corrected chi connectivity index (χ0v) is 12.2. The molecule has 0 radical (unpaired) electrons. The summed E-state index contributed by atoms with van der Waals surface area (Å²) in [5.74, 6) is -1.07. The first-order valence-corrected chi connectivity index (χ1v) is 6.60. The molecule has 2 aromatic rings. The molecule has 0 aliphatic heterocycles. The third-order valence-electron chi connectivity index (χ3n) is 2.81. The van der Waals surface area contributed by atoms with Gasteiger partial charge in [-0.05, 0) is 46.3 Å². The van der Waals surface area contributed by atoms with E-state index in [9.17, 15) is 19.7 Å². The number of benzene rings is 1. The molecule has 2 rings (SSSR count). The summed E-state index contributed by atoms with van der Waals surface area (Å²) in [7, 11) is 0. The third kappa shape index (κ3) is 4.34. The molecule has 8 nitrogen and oxygen atoms in total. The van der Waals surface area contributed by atoms with Gasteiger partial charge in [-0.25, -0.2) is 0 Å². The van der Waals surface area contributed by atoms with Crippen molar-refractivity contribution in [2.24, 2.45) is 0 Å². The normalized spacial score (nSPS) is 9.96. The molecule has 0 spiro atoms. The van der Waals surface area contributed by atoms with E-state index in [4.69, 9.17) is 4.74 Å². The molecule has 0 bridgehead atoms. The monoisotopic (exact) mass is 315 g/mol. The maximum atomic E-state index is 12.0. The summed E-state index contributed by atoms with van der Waals surface area (Å²) < 4.78 is 5.19. The van der Waals surface area contributed by atoms with Crippen LogP contribution in [-0.2, 0) is 4.79 Å². The number of pyridine rings is 1. The van der Waals surface area contributed by atoms with Crippen molar-refractivity contribution in [3.05, 3.63) is 58.3 Å². The Morgan fingerprint density at radius 3 is 2.57 bits per heavy atom. The lowest BCUT2D eigenvalue weighted by molar-refractivity contribution is -0.390. The second kappa shape index (κ2) is 7.12. The molecule has 23 heavy (non-hydrogen) atoms. The molecule has 1 amide bonds. The Balaban J connectivity index is 2.03. The predicted octanol–water partition coefficient (Wildman–Crippen LogP) is 2.21. The first-order chi connectivity index (χ1) is 11.0. The highest BCUT2D eigenvalue weighted by Crippen LogP contribution is 2.23. The van der Waals surface area contributed by atoms with Gasteiger partial charge in [0.2, 0.25) is 11.7 Å². The van der Waals surface area contributed by atoms with Crippen LogP contribution in [0.2, 0.25) is 0 Å². The summed E-state index contributed by atoms with van der Waals surface area (Å²) in [6.45, 7) is 1.03. The number of carbonyl (C=O) groups is 2. The number of aromatic nitrogens is 1. The van der Waals surface area contributed by atoms with Gasteiger partial charge in [0, 0.05) is 18.2 Å². The molecule has 1 aromatic carbocycles. The maximum Gasteiger partial charge on any atom is 0.406 e. The Hall–Kier alpha value is -3.29. The molecule has 1 heterocycles. The van der Waals surface area contributed by atoms with E-state index in [2.05, 4.69) is 10.3 Å². The van der Waals surface area contributed by atoms with E-state index < -0.39 is 10.7 Å². The second-order valence-electron chi connectivity index (χ2n) is 4.55. The van der Waals surface area contributed by atoms with E-state index >= 15 is 0 Å². The van der Waals surface area contributed by atoms with Crippen LogP contribution in [0, 0.1) is 10.1 Å². The van der Waals surface area contributed by atoms with E-state index in [1.807, 2.05) is 0 Å². The molecule has 1 N–H and O–H groups in total. The summed E-state index contributed by atoms with van der Waals surface area (Å²) in [5.41, 5.74) is 0.934. The summed E-state index contributed by atoms with van der Waals surface area (Å²) in [6.07, 6.45) is 1.27. The molecule has 0 unspecified atom stereocenters. The van der Waals surface area contributed by atoms with Crippen LogP contribution in [0.3, 0.4) is 0 Å². The van der Waals surface area contributed by atoms with Crippen LogP contribution in [-0.4, -0.2) is 28.2 Å². The standard InChI is InChI=1S/C15H13N3O5/c1-10(19)17-12-6-4-11(5-7-12)13(20)9-23-14-3-2-8-16-15(14)18(21)22/h2-8H,9H2,1H3,(H,17,19). The van der Waals surface area contributed by atoms with Gasteiger partial charge in [0.1, 0.15) is 6.20 Å². The fourth-order valence-corrected chi connectivity index (χ4v) is 1.80. The van der Waals surface area contributed by atoms with Crippen molar-refractivity contribution in [3.63, 3.8) is 0 Å². The molecule has 0 aliphatic rings. The number of nitrogens with one attached hydrogen (secondary N) is 1. The molecular formula is C15H13N3O5. The number of rotatable bonds is 6. The van der Waals surface area contributed by atoms with E-state index in [0.29, 0.717) is 11.3 Å². The third-order valence-corrected chi connectivity index (χ3v) is 2.81. The molecule has 0 aliphatic carbocycles. The second-order valence-corrected chi connectivity index (χ2v) is 4.55. The number of ether oxygens (including phenoxy) is 1. The minimum absolute atomic E-state index is 0.0688. The molecule has 0 saturated heterocycles. The van der Waals surface area contributed by atoms with Crippen molar-refractivity contribution in [2.75, 3.05) is 11.9 Å². The number of ketones is 1. The molecule has 0 fully saturated rings. The van der Waals surface area contributed by atoms with E-state index in [1.54, 1.807) is 12.1 Å². The largest absolute Gasteiger partial charge is 0.477 e. The number of amides is 1. The van der Waals surface area contributed by atoms with Gasteiger partial charge >= 0.3 is 5.82 Å². The summed E-state index contributed by atoms with van der Waals surface area (Å²) in [5, 5.41) is 13.4. The number of hydrogen-bond acceptors (Lipinski definition) is 6. The zero-order chi connectivity index (χ0) is 16.8. The average Bonchev–Trinajstić information content (AvgIpc) is 2.53. The Morgan fingerprint density at radius 1 is 1.26 bits per heavy atom. The van der Waals surface area contributed by atoms with Gasteiger partial charge in [0.15, 0.2) is 12.4 Å². The van der Waals surface area contributed by atoms with Gasteiger partial charge in [0.25, 0.3) is 0 Å². The van der Waals surface area contributed by atoms with Crippen LogP contribution in [0.15, 0.2) is 42.6 Å². The van der Waals surface area contributed by atoms with Crippen molar-refractivity contribution in [1.29, 1.82) is 0 Å². The van der Waals surface area contributed by atoms with Crippen LogP contribution in [0.1, 0.15) is 17.3 Å². The van der Waals surface area contributed by atoms with E-state index in [0.717, 1.165) is 0 Å². The van der Waals surface area contributed by atoms with Gasteiger partial charge in [-0.1, -0.05) is 0 Å². The maximum absolute atomic E-state index is 12.0. The lowest BCUT2D eigenvalue weighted by Crippen LogP contribution is -2.13. The van der Waals surface area contributed by atoms with Crippen molar-refractivity contribution >= 4 is 23.2 Å². The zero-order valence-electron chi connectivity index (χ0n) is 12.2. The fraction of sp³-hybridized carbons (Fsp3) is 0.133. The Kier molecular flexibility index (Phi) is 4.98. The number of carbonyl (C=O) groups excluding carboxylic acids is 2. The van der Waals surface area contributed by atoms with Crippen LogP contribution < -0.4 is 10.1 Å². The first kappa shape index (κ1) is 16.1. The van der Waals surface area contributed by atoms with Gasteiger partial charge in [-0.3, -0.25) is 9.59 Å². The quantitative estimate of drug-likeness (QED) is 0.497. The predicted molar refractivity (Wildman–Crippen MR) is 81.5 cm³/mol. The first-order valence-electron chi connectivity index (χ1n) is 6.60.